The molecular formula is C34H64N4O6. The number of carbonyl (C=O) groups excluding carboxylic acids is 4. The van der Waals surface area contributed by atoms with E-state index in [0.717, 1.165) is 32.1 Å². The van der Waals surface area contributed by atoms with Gasteiger partial charge < -0.3 is 24.6 Å². The van der Waals surface area contributed by atoms with E-state index in [9.17, 15) is 19.2 Å². The minimum absolute atomic E-state index is 0.0436. The molecule has 1 aliphatic rings. The third-order valence-electron chi connectivity index (χ3n) is 10.3. The Hall–Kier alpha value is -2.04. The van der Waals surface area contributed by atoms with Gasteiger partial charge in [-0.25, -0.2) is 0 Å². The van der Waals surface area contributed by atoms with Crippen molar-refractivity contribution < 1.29 is 28.7 Å². The third kappa shape index (κ3) is 9.73. The summed E-state index contributed by atoms with van der Waals surface area (Å²) >= 11 is 0. The molecule has 0 radical (unpaired) electrons. The highest BCUT2D eigenvalue weighted by atomic mass is 16.5. The molecule has 0 bridgehead atoms. The molecule has 0 aromatic carbocycles. The molecule has 7 atom stereocenters. The summed E-state index contributed by atoms with van der Waals surface area (Å²) in [7, 11) is 8.63. The Morgan fingerprint density at radius 1 is 0.977 bits per heavy atom. The third-order valence-corrected chi connectivity index (χ3v) is 10.3. The van der Waals surface area contributed by atoms with Gasteiger partial charge in [0, 0.05) is 39.1 Å². The van der Waals surface area contributed by atoms with Gasteiger partial charge in [-0.3, -0.25) is 24.1 Å². The van der Waals surface area contributed by atoms with E-state index in [0.29, 0.717) is 6.54 Å². The molecule has 10 heteroatoms. The van der Waals surface area contributed by atoms with Gasteiger partial charge in [0.25, 0.3) is 0 Å². The fraction of sp³-hybridized carbons (Fsp3) is 0.882. The highest BCUT2D eigenvalue weighted by molar-refractivity contribution is 5.88. The summed E-state index contributed by atoms with van der Waals surface area (Å²) in [5, 5.41) is 2.81. The van der Waals surface area contributed by atoms with E-state index in [2.05, 4.69) is 19.2 Å². The van der Waals surface area contributed by atoms with Crippen molar-refractivity contribution in [3.05, 3.63) is 0 Å². The zero-order chi connectivity index (χ0) is 33.9. The molecule has 0 aromatic heterocycles. The number of Topliss-reactive ketones (excluding diaryl/α,β-unsaturated/α-hetero) is 1. The summed E-state index contributed by atoms with van der Waals surface area (Å²) in [6, 6.07) is -0.922. The van der Waals surface area contributed by atoms with Crippen LogP contribution in [-0.4, -0.2) is 117 Å². The Morgan fingerprint density at radius 2 is 1.57 bits per heavy atom. The fourth-order valence-corrected chi connectivity index (χ4v) is 7.00. The molecule has 0 aliphatic carbocycles. The summed E-state index contributed by atoms with van der Waals surface area (Å²) in [6.45, 7) is 16.5. The summed E-state index contributed by atoms with van der Waals surface area (Å²) in [4.78, 5) is 59.0. The van der Waals surface area contributed by atoms with Crippen molar-refractivity contribution in [3.63, 3.8) is 0 Å². The molecular weight excluding hydrogens is 560 g/mol. The number of likely N-dealkylation sites (N-methyl/N-ethyl adjacent to an activating group) is 2. The minimum atomic E-state index is -0.544. The average Bonchev–Trinajstić information content (AvgIpc) is 3.47. The molecule has 1 N–H and O–H groups in total. The first-order valence-corrected chi connectivity index (χ1v) is 16.7. The SMILES string of the molecule is CCC(C)C(C(CC(=O)N1CCCC1C(OC)C(C)C(=O)C(C)(CC)CC)OC)N(C)C(=O)CNC(=O)C(C(C)C)N(C)C. The van der Waals surface area contributed by atoms with Crippen molar-refractivity contribution in [1.82, 2.24) is 20.0 Å². The molecule has 3 amide bonds. The Labute approximate surface area is 267 Å². The molecule has 1 rings (SSSR count). The number of rotatable bonds is 19. The van der Waals surface area contributed by atoms with E-state index in [1.54, 1.807) is 26.2 Å². The van der Waals surface area contributed by atoms with Crippen molar-refractivity contribution in [1.29, 1.82) is 0 Å². The van der Waals surface area contributed by atoms with E-state index in [1.165, 1.54) is 0 Å². The van der Waals surface area contributed by atoms with Crippen molar-refractivity contribution in [3.8, 4) is 0 Å². The molecule has 44 heavy (non-hydrogen) atoms. The van der Waals surface area contributed by atoms with Crippen LogP contribution < -0.4 is 5.32 Å². The van der Waals surface area contributed by atoms with Gasteiger partial charge in [0.1, 0.15) is 5.78 Å². The molecule has 1 fully saturated rings. The van der Waals surface area contributed by atoms with Gasteiger partial charge in [-0.15, -0.1) is 0 Å². The first-order chi connectivity index (χ1) is 20.6. The Balaban J connectivity index is 3.13. The Kier molecular flexibility index (Phi) is 16.5. The number of ketones is 1. The van der Waals surface area contributed by atoms with Crippen LogP contribution in [0.25, 0.3) is 0 Å². The molecule has 7 unspecified atom stereocenters. The molecule has 0 spiro atoms. The van der Waals surface area contributed by atoms with Gasteiger partial charge in [0.2, 0.25) is 17.7 Å². The number of hydrogen-bond donors (Lipinski definition) is 1. The fourth-order valence-electron chi connectivity index (χ4n) is 7.00. The second-order valence-electron chi connectivity index (χ2n) is 13.6. The number of nitrogens with one attached hydrogen (secondary N) is 1. The number of ether oxygens (including phenoxy) is 2. The van der Waals surface area contributed by atoms with Crippen molar-refractivity contribution in [2.45, 2.75) is 124 Å². The van der Waals surface area contributed by atoms with E-state index in [4.69, 9.17) is 9.47 Å². The number of amides is 3. The quantitative estimate of drug-likeness (QED) is 0.231. The number of carbonyl (C=O) groups is 4. The molecule has 10 nitrogen and oxygen atoms in total. The maximum atomic E-state index is 13.9. The van der Waals surface area contributed by atoms with Crippen molar-refractivity contribution in [2.75, 3.05) is 48.5 Å². The smallest absolute Gasteiger partial charge is 0.242 e. The first-order valence-electron chi connectivity index (χ1n) is 16.7. The molecule has 0 saturated carbocycles. The van der Waals surface area contributed by atoms with E-state index >= 15 is 0 Å². The summed E-state index contributed by atoms with van der Waals surface area (Å²) in [6.07, 6.45) is 3.06. The van der Waals surface area contributed by atoms with Gasteiger partial charge in [-0.2, -0.15) is 0 Å². The molecule has 1 saturated heterocycles. The van der Waals surface area contributed by atoms with Gasteiger partial charge in [-0.1, -0.05) is 61.8 Å². The van der Waals surface area contributed by atoms with Crippen LogP contribution in [0, 0.1) is 23.2 Å². The second-order valence-corrected chi connectivity index (χ2v) is 13.6. The topological polar surface area (TPSA) is 108 Å². The molecule has 0 aromatic rings. The number of nitrogens with zero attached hydrogens (tertiary/aromatic N) is 3. The normalized spacial score (nSPS) is 19.8. The van der Waals surface area contributed by atoms with Gasteiger partial charge in [-0.05, 0) is 51.6 Å². The van der Waals surface area contributed by atoms with E-state index < -0.39 is 17.6 Å². The lowest BCUT2D eigenvalue weighted by Gasteiger charge is -2.40. The summed E-state index contributed by atoms with van der Waals surface area (Å²) < 4.78 is 11.9. The van der Waals surface area contributed by atoms with Gasteiger partial charge >= 0.3 is 0 Å². The molecule has 1 heterocycles. The standard InChI is InChI=1S/C34H64N4O6/c1-14-23(6)30(37(11)28(40)21-35-33(42)29(22(4)5)36(9)10)26(43-12)20-27(39)38-19-17-18-25(38)31(44-13)24(7)32(41)34(8,15-2)16-3/h22-26,29-31H,14-21H2,1-13H3,(H,35,42). The predicted molar refractivity (Wildman–Crippen MR) is 175 cm³/mol. The van der Waals surface area contributed by atoms with Gasteiger partial charge in [0.05, 0.1) is 43.3 Å². The lowest BCUT2D eigenvalue weighted by molar-refractivity contribution is -0.147. The monoisotopic (exact) mass is 624 g/mol. The maximum Gasteiger partial charge on any atom is 0.242 e. The highest BCUT2D eigenvalue weighted by Crippen LogP contribution is 2.35. The highest BCUT2D eigenvalue weighted by Gasteiger charge is 2.44. The molecule has 256 valence electrons. The summed E-state index contributed by atoms with van der Waals surface area (Å²) in [5.74, 6) is -0.534. The first kappa shape index (κ1) is 40.0. The number of hydrogen-bond acceptors (Lipinski definition) is 7. The van der Waals surface area contributed by atoms with Crippen LogP contribution in [0.3, 0.4) is 0 Å². The zero-order valence-electron chi connectivity index (χ0n) is 30.1. The predicted octanol–water partition coefficient (Wildman–Crippen LogP) is 4.00. The van der Waals surface area contributed by atoms with Crippen LogP contribution in [0.2, 0.25) is 0 Å². The maximum absolute atomic E-state index is 13.9. The lowest BCUT2D eigenvalue weighted by atomic mass is 9.73. The molecule has 1 aliphatic heterocycles. The second kappa shape index (κ2) is 18.2. The van der Waals surface area contributed by atoms with Crippen LogP contribution in [0.15, 0.2) is 0 Å². The Morgan fingerprint density at radius 3 is 2.02 bits per heavy atom. The van der Waals surface area contributed by atoms with E-state index in [1.807, 2.05) is 65.4 Å². The lowest BCUT2D eigenvalue weighted by Crippen LogP contribution is -2.55. The van der Waals surface area contributed by atoms with Crippen LogP contribution >= 0.6 is 0 Å². The zero-order valence-corrected chi connectivity index (χ0v) is 30.1. The van der Waals surface area contributed by atoms with Crippen LogP contribution in [0.4, 0.5) is 0 Å². The van der Waals surface area contributed by atoms with E-state index in [-0.39, 0.29) is 72.3 Å². The van der Waals surface area contributed by atoms with Crippen LogP contribution in [0.1, 0.15) is 93.9 Å². The average molecular weight is 625 g/mol. The summed E-state index contributed by atoms with van der Waals surface area (Å²) in [5.41, 5.74) is -0.424. The van der Waals surface area contributed by atoms with Crippen LogP contribution in [0.5, 0.6) is 0 Å². The number of likely N-dealkylation sites (tertiary alicyclic amines) is 1. The Bertz CT molecular complexity index is 929. The largest absolute Gasteiger partial charge is 0.379 e. The van der Waals surface area contributed by atoms with Crippen molar-refractivity contribution >= 4 is 23.5 Å². The van der Waals surface area contributed by atoms with Crippen molar-refractivity contribution in [2.24, 2.45) is 23.2 Å². The van der Waals surface area contributed by atoms with Gasteiger partial charge in [0.15, 0.2) is 0 Å². The minimum Gasteiger partial charge on any atom is -0.379 e. The van der Waals surface area contributed by atoms with Crippen LogP contribution in [-0.2, 0) is 28.7 Å². The number of methoxy groups -OCH3 is 2.